The Morgan fingerprint density at radius 3 is 2.70 bits per heavy atom. The molecule has 2 aromatic carbocycles. The number of piperidine rings is 1. The minimum Gasteiger partial charge on any atom is -0.496 e. The van der Waals surface area contributed by atoms with E-state index in [0.29, 0.717) is 24.1 Å². The Balaban J connectivity index is 1.62. The third-order valence-electron chi connectivity index (χ3n) is 8.11. The third-order valence-corrected chi connectivity index (χ3v) is 8.11. The maximum Gasteiger partial charge on any atom is 0.335 e. The van der Waals surface area contributed by atoms with Crippen LogP contribution in [0, 0.1) is 6.92 Å². The number of benzene rings is 2. The summed E-state index contributed by atoms with van der Waals surface area (Å²) in [6.45, 7) is 6.05. The first-order chi connectivity index (χ1) is 17.9. The van der Waals surface area contributed by atoms with Gasteiger partial charge in [0.1, 0.15) is 5.75 Å². The van der Waals surface area contributed by atoms with Gasteiger partial charge in [-0.05, 0) is 86.8 Å². The molecule has 0 unspecified atom stereocenters. The zero-order valence-corrected chi connectivity index (χ0v) is 21.9. The van der Waals surface area contributed by atoms with E-state index in [1.165, 1.54) is 11.1 Å². The number of nitrogens with zero attached hydrogens (tertiary/aromatic N) is 1. The molecule has 0 bridgehead atoms. The van der Waals surface area contributed by atoms with Crippen molar-refractivity contribution in [3.8, 4) is 5.75 Å². The Bertz CT molecular complexity index is 1380. The Labute approximate surface area is 217 Å². The van der Waals surface area contributed by atoms with E-state index in [9.17, 15) is 14.7 Å². The summed E-state index contributed by atoms with van der Waals surface area (Å²) >= 11 is 0. The minimum atomic E-state index is -0.854. The van der Waals surface area contributed by atoms with Crippen molar-refractivity contribution in [3.63, 3.8) is 0 Å². The Morgan fingerprint density at radius 2 is 1.97 bits per heavy atom. The summed E-state index contributed by atoms with van der Waals surface area (Å²) < 4.78 is 11.9. The van der Waals surface area contributed by atoms with Crippen LogP contribution < -0.4 is 10.2 Å². The van der Waals surface area contributed by atoms with E-state index in [4.69, 9.17) is 9.47 Å². The van der Waals surface area contributed by atoms with Crippen LogP contribution in [0.15, 0.2) is 35.3 Å². The number of likely N-dealkylation sites (tertiary alicyclic amines) is 1. The Morgan fingerprint density at radius 1 is 1.19 bits per heavy atom. The number of carboxylic acid groups (broad SMARTS) is 1. The fourth-order valence-electron chi connectivity index (χ4n) is 6.40. The van der Waals surface area contributed by atoms with E-state index >= 15 is 0 Å². The normalized spacial score (nSPS) is 20.1. The number of aromatic nitrogens is 1. The van der Waals surface area contributed by atoms with Crippen molar-refractivity contribution in [1.29, 1.82) is 0 Å². The molecular formula is C30H36N2O5. The number of carbonyl (C=O) groups is 1. The summed E-state index contributed by atoms with van der Waals surface area (Å²) in [5, 5.41) is 10.5. The number of fused-ring (bicyclic) bond motifs is 2. The van der Waals surface area contributed by atoms with Crippen LogP contribution in [0.3, 0.4) is 0 Å². The molecule has 1 aromatic heterocycles. The molecule has 7 nitrogen and oxygen atoms in total. The van der Waals surface area contributed by atoms with Crippen molar-refractivity contribution < 1.29 is 19.4 Å². The second kappa shape index (κ2) is 10.7. The molecule has 196 valence electrons. The highest BCUT2D eigenvalue weighted by Crippen LogP contribution is 2.40. The highest BCUT2D eigenvalue weighted by molar-refractivity contribution is 5.90. The van der Waals surface area contributed by atoms with Gasteiger partial charge in [0.25, 0.3) is 0 Å². The van der Waals surface area contributed by atoms with Crippen molar-refractivity contribution >= 4 is 16.9 Å². The number of H-pyrrole nitrogens is 1. The molecule has 0 saturated carbocycles. The molecule has 0 amide bonds. The quantitative estimate of drug-likeness (QED) is 0.462. The number of methoxy groups -OCH3 is 1. The van der Waals surface area contributed by atoms with E-state index in [0.717, 1.165) is 73.0 Å². The lowest BCUT2D eigenvalue weighted by Crippen LogP contribution is -2.40. The van der Waals surface area contributed by atoms with Gasteiger partial charge in [0.05, 0.1) is 29.7 Å². The average Bonchev–Trinajstić information content (AvgIpc) is 2.90. The molecular weight excluding hydrogens is 468 g/mol. The van der Waals surface area contributed by atoms with Gasteiger partial charge in [-0.1, -0.05) is 6.07 Å². The lowest BCUT2D eigenvalue weighted by Gasteiger charge is -2.41. The van der Waals surface area contributed by atoms with Crippen molar-refractivity contribution in [2.45, 2.75) is 71.1 Å². The molecule has 2 aliphatic rings. The van der Waals surface area contributed by atoms with E-state index in [2.05, 4.69) is 9.88 Å². The first-order valence-electron chi connectivity index (χ1n) is 13.3. The number of nitrogens with one attached hydrogen (secondary N) is 1. The monoisotopic (exact) mass is 504 g/mol. The average molecular weight is 505 g/mol. The van der Waals surface area contributed by atoms with Crippen LogP contribution in [0.1, 0.15) is 76.8 Å². The predicted molar refractivity (Wildman–Crippen MR) is 144 cm³/mol. The highest BCUT2D eigenvalue weighted by Gasteiger charge is 2.34. The number of hydrogen-bond donors (Lipinski definition) is 2. The van der Waals surface area contributed by atoms with Crippen molar-refractivity contribution in [3.05, 3.63) is 74.1 Å². The molecule has 0 spiro atoms. The first kappa shape index (κ1) is 25.5. The van der Waals surface area contributed by atoms with Gasteiger partial charge in [0.2, 0.25) is 0 Å². The van der Waals surface area contributed by atoms with Crippen molar-refractivity contribution in [1.82, 2.24) is 9.88 Å². The standard InChI is InChI=1S/C30H36N2O5/c1-4-37-19-12-14-32(17-24-27(36-3)15-18(2)29-28(24)26(33)11-13-31-29)25(16-19)22-9-10-23(30(34)35)21-8-6-5-7-20(21)22/h9-11,13,15,19,25H,4-8,12,14,16-17H2,1-3H3,(H,31,33)(H,34,35)/t19-,25-/m0/s1. The number of pyridine rings is 1. The summed E-state index contributed by atoms with van der Waals surface area (Å²) in [4.78, 5) is 30.7. The maximum absolute atomic E-state index is 13.1. The van der Waals surface area contributed by atoms with E-state index in [1.54, 1.807) is 25.4 Å². The molecule has 1 aliphatic heterocycles. The van der Waals surface area contributed by atoms with Crippen LogP contribution in [0.5, 0.6) is 5.75 Å². The molecule has 2 atom stereocenters. The lowest BCUT2D eigenvalue weighted by molar-refractivity contribution is -0.0140. The molecule has 37 heavy (non-hydrogen) atoms. The fourth-order valence-corrected chi connectivity index (χ4v) is 6.40. The second-order valence-corrected chi connectivity index (χ2v) is 10.2. The molecule has 3 aromatic rings. The fraction of sp³-hybridized carbons (Fsp3) is 0.467. The van der Waals surface area contributed by atoms with Gasteiger partial charge in [-0.25, -0.2) is 4.79 Å². The number of ether oxygens (including phenoxy) is 2. The van der Waals surface area contributed by atoms with Gasteiger partial charge in [-0.2, -0.15) is 0 Å². The van der Waals surface area contributed by atoms with Crippen molar-refractivity contribution in [2.24, 2.45) is 0 Å². The van der Waals surface area contributed by atoms with Gasteiger partial charge in [0, 0.05) is 43.6 Å². The molecule has 2 heterocycles. The minimum absolute atomic E-state index is 0.0188. The van der Waals surface area contributed by atoms with Crippen LogP contribution in [0.25, 0.3) is 10.9 Å². The zero-order valence-electron chi connectivity index (χ0n) is 21.9. The molecule has 1 saturated heterocycles. The van der Waals surface area contributed by atoms with Gasteiger partial charge in [-0.15, -0.1) is 0 Å². The largest absolute Gasteiger partial charge is 0.496 e. The van der Waals surface area contributed by atoms with Crippen molar-refractivity contribution in [2.75, 3.05) is 20.3 Å². The number of hydrogen-bond acceptors (Lipinski definition) is 5. The van der Waals surface area contributed by atoms with E-state index in [-0.39, 0.29) is 17.6 Å². The number of aromatic amines is 1. The smallest absolute Gasteiger partial charge is 0.335 e. The maximum atomic E-state index is 13.1. The number of carboxylic acids is 1. The summed E-state index contributed by atoms with van der Waals surface area (Å²) in [6, 6.07) is 7.45. The molecule has 2 N–H and O–H groups in total. The summed E-state index contributed by atoms with van der Waals surface area (Å²) in [6.07, 6.45) is 7.35. The number of rotatable bonds is 7. The molecule has 0 radical (unpaired) electrons. The predicted octanol–water partition coefficient (Wildman–Crippen LogP) is 5.16. The highest BCUT2D eigenvalue weighted by atomic mass is 16.5. The zero-order chi connectivity index (χ0) is 26.1. The van der Waals surface area contributed by atoms with Crippen LogP contribution in [0.4, 0.5) is 0 Å². The SMILES string of the molecule is CCO[C@H]1CCN(Cc2c(OC)cc(C)c3[nH]ccc(=O)c23)[C@H](c2ccc(C(=O)O)c3c2CCCC3)C1. The Kier molecular flexibility index (Phi) is 7.36. The van der Waals surface area contributed by atoms with Crippen LogP contribution in [-0.4, -0.2) is 47.3 Å². The number of aromatic carboxylic acids is 1. The molecule has 1 aliphatic carbocycles. The molecule has 1 fully saturated rings. The van der Waals surface area contributed by atoms with Gasteiger partial charge < -0.3 is 19.6 Å². The Hall–Kier alpha value is -3.16. The molecule has 5 rings (SSSR count). The van der Waals surface area contributed by atoms with E-state index in [1.807, 2.05) is 26.0 Å². The van der Waals surface area contributed by atoms with Crippen LogP contribution in [-0.2, 0) is 24.1 Å². The lowest BCUT2D eigenvalue weighted by atomic mass is 9.80. The summed E-state index contributed by atoms with van der Waals surface area (Å²) in [5.74, 6) is -0.136. The van der Waals surface area contributed by atoms with Gasteiger partial charge in [0.15, 0.2) is 5.43 Å². The number of aryl methyl sites for hydroxylation is 1. The van der Waals surface area contributed by atoms with Gasteiger partial charge in [-0.3, -0.25) is 9.69 Å². The third kappa shape index (κ3) is 4.78. The second-order valence-electron chi connectivity index (χ2n) is 10.2. The van der Waals surface area contributed by atoms with E-state index < -0.39 is 5.97 Å². The van der Waals surface area contributed by atoms with Crippen LogP contribution >= 0.6 is 0 Å². The summed E-state index contributed by atoms with van der Waals surface area (Å²) in [5.41, 5.74) is 6.50. The first-order valence-corrected chi connectivity index (χ1v) is 13.3. The topological polar surface area (TPSA) is 91.9 Å². The van der Waals surface area contributed by atoms with Gasteiger partial charge >= 0.3 is 5.97 Å². The summed E-state index contributed by atoms with van der Waals surface area (Å²) in [7, 11) is 1.65. The molecule has 7 heteroatoms. The van der Waals surface area contributed by atoms with Crippen LogP contribution in [0.2, 0.25) is 0 Å².